The van der Waals surface area contributed by atoms with Crippen LogP contribution in [0.2, 0.25) is 0 Å². The summed E-state index contributed by atoms with van der Waals surface area (Å²) in [6.45, 7) is 2.76. The Kier molecular flexibility index (Phi) is 4.74. The minimum atomic E-state index is -0.480. The largest absolute Gasteiger partial charge is 0.352 e. The van der Waals surface area contributed by atoms with Gasteiger partial charge in [0.25, 0.3) is 0 Å². The van der Waals surface area contributed by atoms with Gasteiger partial charge in [-0.25, -0.2) is 4.39 Å². The van der Waals surface area contributed by atoms with Crippen LogP contribution in [0.25, 0.3) is 0 Å². The maximum Gasteiger partial charge on any atom is 0.237 e. The minimum Gasteiger partial charge on any atom is -0.352 e. The number of nitrogens with one attached hydrogen (secondary N) is 2. The fourth-order valence-corrected chi connectivity index (χ4v) is 2.93. The molecule has 0 aromatic carbocycles. The van der Waals surface area contributed by atoms with E-state index in [1.165, 1.54) is 0 Å². The first-order valence-corrected chi connectivity index (χ1v) is 6.63. The number of halogens is 1. The van der Waals surface area contributed by atoms with Crippen molar-refractivity contribution in [1.29, 1.82) is 0 Å². The van der Waals surface area contributed by atoms with E-state index in [0.717, 1.165) is 45.3 Å². The van der Waals surface area contributed by atoms with Crippen LogP contribution < -0.4 is 10.6 Å². The summed E-state index contributed by atoms with van der Waals surface area (Å²) in [6.07, 6.45) is 4.24. The van der Waals surface area contributed by atoms with Gasteiger partial charge < -0.3 is 10.6 Å². The van der Waals surface area contributed by atoms with Gasteiger partial charge in [-0.05, 0) is 45.3 Å². The molecule has 98 valence electrons. The van der Waals surface area contributed by atoms with Gasteiger partial charge in [-0.15, -0.1) is 0 Å². The van der Waals surface area contributed by atoms with Gasteiger partial charge in [0.2, 0.25) is 5.91 Å². The lowest BCUT2D eigenvalue weighted by Crippen LogP contribution is -2.50. The van der Waals surface area contributed by atoms with Gasteiger partial charge in [0, 0.05) is 12.6 Å². The molecule has 2 fully saturated rings. The number of carbonyl (C=O) groups is 1. The highest BCUT2D eigenvalue weighted by Crippen LogP contribution is 2.24. The van der Waals surface area contributed by atoms with Crippen LogP contribution >= 0.6 is 0 Å². The molecule has 2 heterocycles. The van der Waals surface area contributed by atoms with E-state index in [2.05, 4.69) is 15.5 Å². The van der Waals surface area contributed by atoms with E-state index >= 15 is 0 Å². The maximum atomic E-state index is 12.1. The third-order valence-electron chi connectivity index (χ3n) is 3.77. The Morgan fingerprint density at radius 2 is 2.12 bits per heavy atom. The lowest BCUT2D eigenvalue weighted by atomic mass is 10.0. The predicted molar refractivity (Wildman–Crippen MR) is 64.6 cm³/mol. The fourth-order valence-electron chi connectivity index (χ4n) is 2.93. The van der Waals surface area contributed by atoms with Crippen LogP contribution in [0.1, 0.15) is 25.7 Å². The van der Waals surface area contributed by atoms with Gasteiger partial charge in [0.05, 0.1) is 6.04 Å². The van der Waals surface area contributed by atoms with Crippen molar-refractivity contribution in [3.8, 4) is 0 Å². The van der Waals surface area contributed by atoms with Crippen molar-refractivity contribution in [3.63, 3.8) is 0 Å². The standard InChI is InChI=1S/C12H22FN3O/c13-5-8-15-12(17)11-2-1-9-16(11)10-3-6-14-7-4-10/h10-11,14H,1-9H2,(H,15,17). The second-order valence-corrected chi connectivity index (χ2v) is 4.86. The first-order chi connectivity index (χ1) is 8.33. The van der Waals surface area contributed by atoms with Crippen LogP contribution in [0.5, 0.6) is 0 Å². The number of nitrogens with zero attached hydrogens (tertiary/aromatic N) is 1. The van der Waals surface area contributed by atoms with Crippen molar-refractivity contribution in [2.75, 3.05) is 32.9 Å². The van der Waals surface area contributed by atoms with Crippen molar-refractivity contribution < 1.29 is 9.18 Å². The molecule has 0 saturated carbocycles. The zero-order valence-corrected chi connectivity index (χ0v) is 10.3. The summed E-state index contributed by atoms with van der Waals surface area (Å²) in [5.74, 6) is 0.0127. The van der Waals surface area contributed by atoms with Gasteiger partial charge >= 0.3 is 0 Å². The summed E-state index contributed by atoms with van der Waals surface area (Å²) in [5, 5.41) is 6.01. The second-order valence-electron chi connectivity index (χ2n) is 4.86. The van der Waals surface area contributed by atoms with Gasteiger partial charge in [0.1, 0.15) is 6.67 Å². The minimum absolute atomic E-state index is 0.0127. The Labute approximate surface area is 102 Å². The average Bonchev–Trinajstić information content (AvgIpc) is 2.86. The molecule has 0 bridgehead atoms. The quantitative estimate of drug-likeness (QED) is 0.746. The lowest BCUT2D eigenvalue weighted by Gasteiger charge is -2.35. The molecule has 2 aliphatic rings. The van der Waals surface area contributed by atoms with Crippen LogP contribution in [0, 0.1) is 0 Å². The van der Waals surface area contributed by atoms with E-state index in [1.54, 1.807) is 0 Å². The van der Waals surface area contributed by atoms with Crippen molar-refractivity contribution in [2.24, 2.45) is 0 Å². The number of rotatable bonds is 4. The molecule has 2 rings (SSSR count). The third kappa shape index (κ3) is 3.16. The van der Waals surface area contributed by atoms with Gasteiger partial charge in [0.15, 0.2) is 0 Å². The number of carbonyl (C=O) groups excluding carboxylic acids is 1. The van der Waals surface area contributed by atoms with E-state index in [4.69, 9.17) is 0 Å². The number of hydrogen-bond donors (Lipinski definition) is 2. The van der Waals surface area contributed by atoms with Crippen molar-refractivity contribution in [1.82, 2.24) is 15.5 Å². The van der Waals surface area contributed by atoms with Gasteiger partial charge in [-0.2, -0.15) is 0 Å². The molecule has 1 amide bonds. The molecule has 2 aliphatic heterocycles. The molecule has 2 saturated heterocycles. The SMILES string of the molecule is O=C(NCCF)C1CCCN1C1CCNCC1. The number of piperidine rings is 1. The summed E-state index contributed by atoms with van der Waals surface area (Å²) in [7, 11) is 0. The maximum absolute atomic E-state index is 12.1. The van der Waals surface area contributed by atoms with Gasteiger partial charge in [-0.3, -0.25) is 9.69 Å². The average molecular weight is 243 g/mol. The van der Waals surface area contributed by atoms with Crippen LogP contribution in [0.3, 0.4) is 0 Å². The Bertz CT molecular complexity index is 256. The summed E-state index contributed by atoms with van der Waals surface area (Å²) in [6, 6.07) is 0.504. The number of amides is 1. The molecule has 0 aliphatic carbocycles. The first-order valence-electron chi connectivity index (χ1n) is 6.63. The Balaban J connectivity index is 1.89. The summed E-state index contributed by atoms with van der Waals surface area (Å²) in [5.41, 5.74) is 0. The van der Waals surface area contributed by atoms with Crippen LogP contribution in [0.15, 0.2) is 0 Å². The monoisotopic (exact) mass is 243 g/mol. The Morgan fingerprint density at radius 1 is 1.35 bits per heavy atom. The molecule has 0 aromatic rings. The Morgan fingerprint density at radius 3 is 2.82 bits per heavy atom. The van der Waals surface area contributed by atoms with E-state index < -0.39 is 6.67 Å². The molecule has 0 aromatic heterocycles. The number of hydrogen-bond acceptors (Lipinski definition) is 3. The van der Waals surface area contributed by atoms with E-state index in [0.29, 0.717) is 6.04 Å². The molecule has 2 N–H and O–H groups in total. The first kappa shape index (κ1) is 12.8. The molecular weight excluding hydrogens is 221 g/mol. The molecule has 0 spiro atoms. The highest BCUT2D eigenvalue weighted by molar-refractivity contribution is 5.82. The molecule has 0 radical (unpaired) electrons. The summed E-state index contributed by atoms with van der Waals surface area (Å²) in [4.78, 5) is 14.2. The highest BCUT2D eigenvalue weighted by atomic mass is 19.1. The van der Waals surface area contributed by atoms with E-state index in [9.17, 15) is 9.18 Å². The van der Waals surface area contributed by atoms with Crippen LogP contribution in [-0.4, -0.2) is 55.7 Å². The molecular formula is C12H22FN3O. The molecule has 17 heavy (non-hydrogen) atoms. The number of likely N-dealkylation sites (tertiary alicyclic amines) is 1. The summed E-state index contributed by atoms with van der Waals surface area (Å²) >= 11 is 0. The Hall–Kier alpha value is -0.680. The predicted octanol–water partition coefficient (Wildman–Crippen LogP) is 0.288. The zero-order valence-electron chi connectivity index (χ0n) is 10.3. The molecule has 1 unspecified atom stereocenters. The third-order valence-corrected chi connectivity index (χ3v) is 3.77. The molecule has 5 heteroatoms. The van der Waals surface area contributed by atoms with Gasteiger partial charge in [-0.1, -0.05) is 0 Å². The van der Waals surface area contributed by atoms with E-state index in [1.807, 2.05) is 0 Å². The molecule has 4 nitrogen and oxygen atoms in total. The summed E-state index contributed by atoms with van der Waals surface area (Å²) < 4.78 is 12.1. The zero-order chi connectivity index (χ0) is 12.1. The fraction of sp³-hybridized carbons (Fsp3) is 0.917. The highest BCUT2D eigenvalue weighted by Gasteiger charge is 2.35. The van der Waals surface area contributed by atoms with E-state index in [-0.39, 0.29) is 18.5 Å². The van der Waals surface area contributed by atoms with Crippen LogP contribution in [0.4, 0.5) is 4.39 Å². The number of alkyl halides is 1. The van der Waals surface area contributed by atoms with Crippen LogP contribution in [-0.2, 0) is 4.79 Å². The second kappa shape index (κ2) is 6.31. The van der Waals surface area contributed by atoms with Crippen molar-refractivity contribution in [3.05, 3.63) is 0 Å². The van der Waals surface area contributed by atoms with Crippen molar-refractivity contribution >= 4 is 5.91 Å². The van der Waals surface area contributed by atoms with Crippen molar-refractivity contribution in [2.45, 2.75) is 37.8 Å². The molecule has 1 atom stereocenters. The topological polar surface area (TPSA) is 44.4 Å². The smallest absolute Gasteiger partial charge is 0.237 e. The lowest BCUT2D eigenvalue weighted by molar-refractivity contribution is -0.126. The normalized spacial score (nSPS) is 27.2.